The van der Waals surface area contributed by atoms with Crippen molar-refractivity contribution in [2.45, 2.75) is 50.8 Å². The number of rotatable bonds is 11. The molecule has 0 aromatic heterocycles. The molecule has 168 valence electrons. The van der Waals surface area contributed by atoms with E-state index < -0.39 is 6.10 Å². The first-order valence-corrected chi connectivity index (χ1v) is 11.4. The average Bonchev–Trinajstić information content (AvgIpc) is 2.83. The van der Waals surface area contributed by atoms with Crippen LogP contribution < -0.4 is 10.6 Å². The lowest BCUT2D eigenvalue weighted by Gasteiger charge is -2.27. The maximum Gasteiger partial charge on any atom is 0.220 e. The molecule has 0 aliphatic carbocycles. The van der Waals surface area contributed by atoms with E-state index in [1.54, 1.807) is 0 Å². The highest BCUT2D eigenvalue weighted by Crippen LogP contribution is 2.19. The van der Waals surface area contributed by atoms with E-state index in [9.17, 15) is 9.90 Å². The lowest BCUT2D eigenvalue weighted by atomic mass is 9.96. The van der Waals surface area contributed by atoms with Crippen LogP contribution in [0.25, 0.3) is 0 Å². The minimum atomic E-state index is -0.711. The van der Waals surface area contributed by atoms with Gasteiger partial charge in [-0.2, -0.15) is 0 Å². The summed E-state index contributed by atoms with van der Waals surface area (Å²) in [4.78, 5) is 12.8. The fraction of sp³-hybridized carbons (Fsp3) is 0.321. The van der Waals surface area contributed by atoms with Gasteiger partial charge in [0, 0.05) is 19.0 Å². The summed E-state index contributed by atoms with van der Waals surface area (Å²) in [7, 11) is 0. The summed E-state index contributed by atoms with van der Waals surface area (Å²) in [6, 6.07) is 29.9. The summed E-state index contributed by atoms with van der Waals surface area (Å²) in [5.41, 5.74) is 3.39. The van der Waals surface area contributed by atoms with Crippen LogP contribution >= 0.6 is 0 Å². The number of aliphatic hydroxyl groups is 1. The summed E-state index contributed by atoms with van der Waals surface area (Å²) in [5.74, 6) is 0.0689. The van der Waals surface area contributed by atoms with Crippen molar-refractivity contribution in [1.82, 2.24) is 10.6 Å². The maximum absolute atomic E-state index is 12.8. The van der Waals surface area contributed by atoms with Crippen LogP contribution in [0.5, 0.6) is 0 Å². The van der Waals surface area contributed by atoms with Gasteiger partial charge in [-0.25, -0.2) is 0 Å². The maximum atomic E-state index is 12.8. The van der Waals surface area contributed by atoms with E-state index in [0.29, 0.717) is 19.4 Å². The van der Waals surface area contributed by atoms with Crippen LogP contribution in [0.1, 0.15) is 48.9 Å². The molecule has 3 aromatic carbocycles. The third-order valence-electron chi connectivity index (χ3n) is 5.90. The molecule has 0 saturated heterocycles. The zero-order chi connectivity index (χ0) is 22.8. The zero-order valence-corrected chi connectivity index (χ0v) is 18.9. The zero-order valence-electron chi connectivity index (χ0n) is 18.9. The van der Waals surface area contributed by atoms with Crippen LogP contribution in [0, 0.1) is 0 Å². The summed E-state index contributed by atoms with van der Waals surface area (Å²) < 4.78 is 0. The minimum Gasteiger partial charge on any atom is -0.390 e. The second kappa shape index (κ2) is 12.2. The van der Waals surface area contributed by atoms with Gasteiger partial charge in [-0.1, -0.05) is 97.9 Å². The van der Waals surface area contributed by atoms with Gasteiger partial charge in [-0.3, -0.25) is 4.79 Å². The van der Waals surface area contributed by atoms with Crippen LogP contribution in [0.3, 0.4) is 0 Å². The molecule has 0 aliphatic heterocycles. The Balaban J connectivity index is 1.62. The lowest BCUT2D eigenvalue weighted by molar-refractivity contribution is -0.123. The fourth-order valence-corrected chi connectivity index (χ4v) is 3.89. The first-order valence-electron chi connectivity index (χ1n) is 11.4. The molecule has 3 rings (SSSR count). The van der Waals surface area contributed by atoms with Gasteiger partial charge in [-0.05, 0) is 36.0 Å². The highest BCUT2D eigenvalue weighted by Gasteiger charge is 2.23. The summed E-state index contributed by atoms with van der Waals surface area (Å²) in [6.07, 6.45) is 0.252. The summed E-state index contributed by atoms with van der Waals surface area (Å²) >= 11 is 0. The van der Waals surface area contributed by atoms with E-state index in [0.717, 1.165) is 11.1 Å². The molecule has 0 radical (unpaired) electrons. The SMILES string of the molecule is CC(CC(=O)NC(Cc1ccccc1)C(O)CNC(C)c1ccccc1)c1ccccc1. The number of aliphatic hydroxyl groups excluding tert-OH is 1. The van der Waals surface area contributed by atoms with Gasteiger partial charge in [-0.15, -0.1) is 0 Å². The lowest BCUT2D eigenvalue weighted by Crippen LogP contribution is -2.49. The Bertz CT molecular complexity index is 931. The molecule has 3 N–H and O–H groups in total. The van der Waals surface area contributed by atoms with Crippen molar-refractivity contribution in [3.05, 3.63) is 108 Å². The Hall–Kier alpha value is -2.95. The molecular formula is C28H34N2O2. The van der Waals surface area contributed by atoms with E-state index >= 15 is 0 Å². The molecule has 3 aromatic rings. The van der Waals surface area contributed by atoms with Crippen molar-refractivity contribution in [1.29, 1.82) is 0 Å². The van der Waals surface area contributed by atoms with Crippen LogP contribution in [-0.4, -0.2) is 29.7 Å². The minimum absolute atomic E-state index is 0.0440. The Morgan fingerprint density at radius 2 is 1.34 bits per heavy atom. The molecular weight excluding hydrogens is 396 g/mol. The van der Waals surface area contributed by atoms with E-state index in [1.165, 1.54) is 5.56 Å². The highest BCUT2D eigenvalue weighted by atomic mass is 16.3. The van der Waals surface area contributed by atoms with Crippen molar-refractivity contribution in [2.75, 3.05) is 6.54 Å². The highest BCUT2D eigenvalue weighted by molar-refractivity contribution is 5.77. The number of hydrogen-bond donors (Lipinski definition) is 3. The van der Waals surface area contributed by atoms with Crippen LogP contribution in [0.2, 0.25) is 0 Å². The first-order chi connectivity index (χ1) is 15.5. The Labute approximate surface area is 191 Å². The van der Waals surface area contributed by atoms with Crippen LogP contribution in [0.15, 0.2) is 91.0 Å². The number of carbonyl (C=O) groups is 1. The van der Waals surface area contributed by atoms with E-state index in [2.05, 4.69) is 36.6 Å². The van der Waals surface area contributed by atoms with Gasteiger partial charge in [0.05, 0.1) is 12.1 Å². The van der Waals surface area contributed by atoms with E-state index in [1.807, 2.05) is 78.9 Å². The molecule has 0 saturated carbocycles. The molecule has 0 bridgehead atoms. The smallest absolute Gasteiger partial charge is 0.220 e. The van der Waals surface area contributed by atoms with Gasteiger partial charge in [0.2, 0.25) is 5.91 Å². The predicted molar refractivity (Wildman–Crippen MR) is 130 cm³/mol. The van der Waals surface area contributed by atoms with Gasteiger partial charge in [0.25, 0.3) is 0 Å². The second-order valence-corrected chi connectivity index (χ2v) is 8.49. The van der Waals surface area contributed by atoms with Gasteiger partial charge < -0.3 is 15.7 Å². The average molecular weight is 431 g/mol. The molecule has 0 aliphatic rings. The summed E-state index contributed by atoms with van der Waals surface area (Å²) in [6.45, 7) is 4.52. The third-order valence-corrected chi connectivity index (χ3v) is 5.90. The monoisotopic (exact) mass is 430 g/mol. The number of benzene rings is 3. The Kier molecular flexibility index (Phi) is 9.02. The second-order valence-electron chi connectivity index (χ2n) is 8.49. The molecule has 32 heavy (non-hydrogen) atoms. The predicted octanol–water partition coefficient (Wildman–Crippen LogP) is 4.62. The normalized spacial score (nSPS) is 14.8. The quantitative estimate of drug-likeness (QED) is 0.416. The van der Waals surface area contributed by atoms with Crippen molar-refractivity contribution >= 4 is 5.91 Å². The number of carbonyl (C=O) groups excluding carboxylic acids is 1. The van der Waals surface area contributed by atoms with Crippen molar-refractivity contribution in [3.8, 4) is 0 Å². The van der Waals surface area contributed by atoms with Gasteiger partial charge in [0.15, 0.2) is 0 Å². The molecule has 0 heterocycles. The third kappa shape index (κ3) is 7.33. The van der Waals surface area contributed by atoms with Crippen molar-refractivity contribution in [2.24, 2.45) is 0 Å². The van der Waals surface area contributed by atoms with E-state index in [4.69, 9.17) is 0 Å². The molecule has 4 unspecified atom stereocenters. The Morgan fingerprint density at radius 3 is 1.94 bits per heavy atom. The molecule has 1 amide bonds. The number of nitrogens with one attached hydrogen (secondary N) is 2. The molecule has 4 nitrogen and oxygen atoms in total. The number of amides is 1. The van der Waals surface area contributed by atoms with Gasteiger partial charge >= 0.3 is 0 Å². The first kappa shape index (κ1) is 23.7. The van der Waals surface area contributed by atoms with Crippen molar-refractivity contribution < 1.29 is 9.90 Å². The summed E-state index contributed by atoms with van der Waals surface area (Å²) in [5, 5.41) is 17.5. The van der Waals surface area contributed by atoms with Crippen LogP contribution in [-0.2, 0) is 11.2 Å². The Morgan fingerprint density at radius 1 is 0.812 bits per heavy atom. The van der Waals surface area contributed by atoms with Crippen molar-refractivity contribution in [3.63, 3.8) is 0 Å². The molecule has 0 spiro atoms. The molecule has 4 atom stereocenters. The largest absolute Gasteiger partial charge is 0.390 e. The van der Waals surface area contributed by atoms with Crippen LogP contribution in [0.4, 0.5) is 0 Å². The number of hydrogen-bond acceptors (Lipinski definition) is 3. The van der Waals surface area contributed by atoms with Gasteiger partial charge in [0.1, 0.15) is 0 Å². The standard InChI is InChI=1S/C28H34N2O2/c1-21(24-14-8-4-9-15-24)18-28(32)30-26(19-23-12-6-3-7-13-23)27(31)20-29-22(2)25-16-10-5-11-17-25/h3-17,21-22,26-27,29,31H,18-20H2,1-2H3,(H,30,32). The van der Waals surface area contributed by atoms with E-state index in [-0.39, 0.29) is 23.9 Å². The topological polar surface area (TPSA) is 61.4 Å². The fourth-order valence-electron chi connectivity index (χ4n) is 3.89. The molecule has 4 heteroatoms. The molecule has 0 fully saturated rings.